The van der Waals surface area contributed by atoms with Crippen molar-refractivity contribution in [3.05, 3.63) is 46.8 Å². The lowest BCUT2D eigenvalue weighted by molar-refractivity contribution is -0.385. The number of hydrogen-bond acceptors (Lipinski definition) is 6. The molecule has 29 heavy (non-hydrogen) atoms. The second-order valence-corrected chi connectivity index (χ2v) is 6.47. The van der Waals surface area contributed by atoms with E-state index in [1.165, 1.54) is 17.1 Å². The van der Waals surface area contributed by atoms with Gasteiger partial charge in [-0.1, -0.05) is 12.1 Å². The Morgan fingerprint density at radius 2 is 2.24 bits per heavy atom. The number of aromatic nitrogens is 2. The molecule has 1 saturated heterocycles. The summed E-state index contributed by atoms with van der Waals surface area (Å²) in [7, 11) is 3.41. The molecule has 0 aliphatic carbocycles. The number of guanidine groups is 1. The van der Waals surface area contributed by atoms with E-state index in [4.69, 9.17) is 4.74 Å². The first-order valence-corrected chi connectivity index (χ1v) is 9.12. The summed E-state index contributed by atoms with van der Waals surface area (Å²) >= 11 is 0. The van der Waals surface area contributed by atoms with Crippen LogP contribution in [0.2, 0.25) is 0 Å². The SMILES string of the molecule is CN=C(NCCn1cc([N+](=O)[O-])cn1)NC1CCN(c2ccccc2OC)C1.I. The summed E-state index contributed by atoms with van der Waals surface area (Å²) in [6.07, 6.45) is 3.65. The molecular weight excluding hydrogens is 489 g/mol. The van der Waals surface area contributed by atoms with Gasteiger partial charge in [0, 0.05) is 32.7 Å². The third-order valence-corrected chi connectivity index (χ3v) is 4.64. The predicted octanol–water partition coefficient (Wildman–Crippen LogP) is 1.86. The van der Waals surface area contributed by atoms with Gasteiger partial charge in [-0.25, -0.2) is 0 Å². The number of nitro groups is 1. The average Bonchev–Trinajstić information content (AvgIpc) is 3.37. The molecule has 3 rings (SSSR count). The standard InChI is InChI=1S/C18H25N7O3.HI/c1-19-18(20-8-10-24-13-15(11-21-24)25(26)27)22-14-7-9-23(12-14)16-5-3-4-6-17(16)28-2;/h3-6,11,13-14H,7-10,12H2,1-2H3,(H2,19,20,22);1H. The molecule has 0 amide bonds. The molecule has 0 radical (unpaired) electrons. The summed E-state index contributed by atoms with van der Waals surface area (Å²) in [4.78, 5) is 16.8. The zero-order valence-corrected chi connectivity index (χ0v) is 18.8. The number of methoxy groups -OCH3 is 1. The molecule has 1 aliphatic rings. The lowest BCUT2D eigenvalue weighted by Gasteiger charge is -2.22. The number of benzene rings is 1. The monoisotopic (exact) mass is 515 g/mol. The number of halogens is 1. The van der Waals surface area contributed by atoms with E-state index >= 15 is 0 Å². The number of hydrogen-bond donors (Lipinski definition) is 2. The van der Waals surface area contributed by atoms with E-state index in [9.17, 15) is 10.1 Å². The number of nitrogens with zero attached hydrogens (tertiary/aromatic N) is 5. The quantitative estimate of drug-likeness (QED) is 0.191. The van der Waals surface area contributed by atoms with E-state index < -0.39 is 4.92 Å². The molecule has 0 spiro atoms. The Bertz CT molecular complexity index is 842. The lowest BCUT2D eigenvalue weighted by Crippen LogP contribution is -2.45. The van der Waals surface area contributed by atoms with E-state index in [1.807, 2.05) is 18.2 Å². The maximum absolute atomic E-state index is 10.7. The van der Waals surface area contributed by atoms with E-state index in [0.29, 0.717) is 19.0 Å². The van der Waals surface area contributed by atoms with Gasteiger partial charge >= 0.3 is 5.69 Å². The van der Waals surface area contributed by atoms with Gasteiger partial charge in [0.15, 0.2) is 5.96 Å². The number of nitrogens with one attached hydrogen (secondary N) is 2. The van der Waals surface area contributed by atoms with E-state index in [-0.39, 0.29) is 35.7 Å². The smallest absolute Gasteiger partial charge is 0.306 e. The van der Waals surface area contributed by atoms with Crippen LogP contribution in [0, 0.1) is 10.1 Å². The van der Waals surface area contributed by atoms with Crippen LogP contribution in [0.15, 0.2) is 41.7 Å². The van der Waals surface area contributed by atoms with Crippen molar-refractivity contribution in [3.63, 3.8) is 0 Å². The predicted molar refractivity (Wildman–Crippen MR) is 122 cm³/mol. The van der Waals surface area contributed by atoms with Crippen LogP contribution in [0.4, 0.5) is 11.4 Å². The van der Waals surface area contributed by atoms with Crippen molar-refractivity contribution in [2.45, 2.75) is 19.0 Å². The third kappa shape index (κ3) is 5.95. The van der Waals surface area contributed by atoms with E-state index in [0.717, 1.165) is 30.9 Å². The van der Waals surface area contributed by atoms with Gasteiger partial charge < -0.3 is 20.3 Å². The molecule has 1 aromatic carbocycles. The second-order valence-electron chi connectivity index (χ2n) is 6.47. The summed E-state index contributed by atoms with van der Waals surface area (Å²) in [6, 6.07) is 8.28. The summed E-state index contributed by atoms with van der Waals surface area (Å²) < 4.78 is 7.00. The minimum Gasteiger partial charge on any atom is -0.495 e. The van der Waals surface area contributed by atoms with Crippen LogP contribution in [0.5, 0.6) is 5.75 Å². The first kappa shape index (κ1) is 22.7. The highest BCUT2D eigenvalue weighted by Gasteiger charge is 2.25. The maximum atomic E-state index is 10.7. The Balaban J connectivity index is 0.00000300. The van der Waals surface area contributed by atoms with Crippen LogP contribution in [-0.2, 0) is 6.54 Å². The van der Waals surface area contributed by atoms with Crippen LogP contribution < -0.4 is 20.3 Å². The zero-order valence-electron chi connectivity index (χ0n) is 16.4. The van der Waals surface area contributed by atoms with Crippen LogP contribution in [0.25, 0.3) is 0 Å². The van der Waals surface area contributed by atoms with Gasteiger partial charge in [-0.15, -0.1) is 24.0 Å². The fraction of sp³-hybridized carbons (Fsp3) is 0.444. The molecule has 10 nitrogen and oxygen atoms in total. The van der Waals surface area contributed by atoms with Gasteiger partial charge in [-0.3, -0.25) is 19.8 Å². The summed E-state index contributed by atoms with van der Waals surface area (Å²) in [6.45, 7) is 2.85. The van der Waals surface area contributed by atoms with Crippen molar-refractivity contribution in [1.82, 2.24) is 20.4 Å². The molecule has 1 aromatic heterocycles. The molecule has 2 N–H and O–H groups in total. The molecule has 0 saturated carbocycles. The number of rotatable bonds is 7. The minimum absolute atomic E-state index is 0. The molecular formula is C18H26IN7O3. The lowest BCUT2D eigenvalue weighted by atomic mass is 10.2. The van der Waals surface area contributed by atoms with Crippen molar-refractivity contribution < 1.29 is 9.66 Å². The highest BCUT2D eigenvalue weighted by Crippen LogP contribution is 2.30. The summed E-state index contributed by atoms with van der Waals surface area (Å²) in [5.41, 5.74) is 1.09. The van der Waals surface area contributed by atoms with Gasteiger partial charge in [0.2, 0.25) is 0 Å². The Morgan fingerprint density at radius 1 is 1.45 bits per heavy atom. The Kier molecular flexibility index (Phi) is 8.49. The second kappa shape index (κ2) is 10.8. The molecule has 1 fully saturated rings. The first-order valence-electron chi connectivity index (χ1n) is 9.12. The normalized spacial score (nSPS) is 16.3. The van der Waals surface area contributed by atoms with Crippen LogP contribution >= 0.6 is 24.0 Å². The molecule has 1 unspecified atom stereocenters. The fourth-order valence-corrected chi connectivity index (χ4v) is 3.23. The minimum atomic E-state index is -0.453. The third-order valence-electron chi connectivity index (χ3n) is 4.64. The fourth-order valence-electron chi connectivity index (χ4n) is 3.23. The highest BCUT2D eigenvalue weighted by molar-refractivity contribution is 14.0. The zero-order chi connectivity index (χ0) is 19.9. The van der Waals surface area contributed by atoms with Crippen molar-refractivity contribution in [1.29, 1.82) is 0 Å². The van der Waals surface area contributed by atoms with Gasteiger partial charge in [0.25, 0.3) is 0 Å². The van der Waals surface area contributed by atoms with Gasteiger partial charge in [-0.05, 0) is 18.6 Å². The number of anilines is 1. The van der Waals surface area contributed by atoms with Crippen molar-refractivity contribution in [2.75, 3.05) is 38.7 Å². The van der Waals surface area contributed by atoms with Gasteiger partial charge in [0.05, 0.1) is 24.3 Å². The Hall–Kier alpha value is -2.57. The van der Waals surface area contributed by atoms with Crippen molar-refractivity contribution in [3.8, 4) is 5.75 Å². The average molecular weight is 515 g/mol. The van der Waals surface area contributed by atoms with E-state index in [1.54, 1.807) is 14.2 Å². The number of aliphatic imine (C=N–C) groups is 1. The van der Waals surface area contributed by atoms with Gasteiger partial charge in [-0.2, -0.15) is 5.10 Å². The highest BCUT2D eigenvalue weighted by atomic mass is 127. The summed E-state index contributed by atoms with van der Waals surface area (Å²) in [5, 5.41) is 21.3. The largest absolute Gasteiger partial charge is 0.495 e. The molecule has 1 atom stereocenters. The molecule has 2 heterocycles. The molecule has 11 heteroatoms. The van der Waals surface area contributed by atoms with Crippen molar-refractivity contribution in [2.24, 2.45) is 4.99 Å². The van der Waals surface area contributed by atoms with Gasteiger partial charge in [0.1, 0.15) is 18.1 Å². The Morgan fingerprint density at radius 3 is 2.93 bits per heavy atom. The summed E-state index contributed by atoms with van der Waals surface area (Å²) in [5.74, 6) is 1.58. The molecule has 2 aromatic rings. The number of ether oxygens (including phenoxy) is 1. The maximum Gasteiger partial charge on any atom is 0.306 e. The molecule has 0 bridgehead atoms. The van der Waals surface area contributed by atoms with Crippen LogP contribution in [0.3, 0.4) is 0 Å². The number of para-hydroxylation sites is 2. The van der Waals surface area contributed by atoms with Crippen molar-refractivity contribution >= 4 is 41.3 Å². The van der Waals surface area contributed by atoms with E-state index in [2.05, 4.69) is 31.7 Å². The van der Waals surface area contributed by atoms with Crippen LogP contribution in [0.1, 0.15) is 6.42 Å². The molecule has 158 valence electrons. The first-order chi connectivity index (χ1) is 13.6. The Labute approximate surface area is 186 Å². The van der Waals surface area contributed by atoms with Crippen LogP contribution in [-0.4, -0.2) is 60.5 Å². The molecule has 1 aliphatic heterocycles. The topological polar surface area (TPSA) is 110 Å².